The van der Waals surface area contributed by atoms with Crippen LogP contribution in [-0.4, -0.2) is 59.4 Å². The van der Waals surface area contributed by atoms with Gasteiger partial charge in [0.15, 0.2) is 0 Å². The lowest BCUT2D eigenvalue weighted by molar-refractivity contribution is -0.122. The topological polar surface area (TPSA) is 32.8 Å². The lowest BCUT2D eigenvalue weighted by Crippen LogP contribution is -2.42. The second-order valence-electron chi connectivity index (χ2n) is 5.34. The third kappa shape index (κ3) is 4.33. The van der Waals surface area contributed by atoms with Gasteiger partial charge in [0.25, 0.3) is 5.91 Å². The maximum Gasteiger partial charge on any atom is 0.266 e. The molecule has 4 nitrogen and oxygen atoms in total. The number of hydrogen-bond donors (Lipinski definition) is 0. The van der Waals surface area contributed by atoms with Crippen LogP contribution in [0.1, 0.15) is 5.56 Å². The van der Waals surface area contributed by atoms with E-state index in [9.17, 15) is 4.79 Å². The normalized spacial score (nSPS) is 21.4. The quantitative estimate of drug-likeness (QED) is 0.602. The Kier molecular flexibility index (Phi) is 5.71. The molecular weight excluding hydrogens is 352 g/mol. The minimum Gasteiger partial charge on any atom is -0.379 e. The van der Waals surface area contributed by atoms with Crippen LogP contribution in [0.25, 0.3) is 6.08 Å². The van der Waals surface area contributed by atoms with Gasteiger partial charge in [-0.3, -0.25) is 14.6 Å². The summed E-state index contributed by atoms with van der Waals surface area (Å²) in [5.41, 5.74) is 0.947. The van der Waals surface area contributed by atoms with E-state index in [1.54, 1.807) is 4.90 Å². The van der Waals surface area contributed by atoms with Crippen molar-refractivity contribution in [1.82, 2.24) is 9.80 Å². The van der Waals surface area contributed by atoms with Gasteiger partial charge >= 0.3 is 0 Å². The maximum atomic E-state index is 12.5. The van der Waals surface area contributed by atoms with E-state index >= 15 is 0 Å². The van der Waals surface area contributed by atoms with Crippen LogP contribution in [0.2, 0.25) is 5.02 Å². The van der Waals surface area contributed by atoms with Crippen LogP contribution in [0.4, 0.5) is 0 Å². The summed E-state index contributed by atoms with van der Waals surface area (Å²) in [4.78, 5) is 17.2. The van der Waals surface area contributed by atoms with Crippen molar-refractivity contribution in [3.8, 4) is 0 Å². The molecule has 23 heavy (non-hydrogen) atoms. The summed E-state index contributed by atoms with van der Waals surface area (Å²) >= 11 is 12.6. The van der Waals surface area contributed by atoms with E-state index in [1.807, 2.05) is 30.3 Å². The summed E-state index contributed by atoms with van der Waals surface area (Å²) in [6, 6.07) is 7.41. The van der Waals surface area contributed by atoms with E-state index in [-0.39, 0.29) is 5.91 Å². The summed E-state index contributed by atoms with van der Waals surface area (Å²) in [7, 11) is 0. The van der Waals surface area contributed by atoms with E-state index in [0.29, 0.717) is 20.8 Å². The molecule has 2 fully saturated rings. The smallest absolute Gasteiger partial charge is 0.266 e. The van der Waals surface area contributed by atoms with Gasteiger partial charge in [-0.05, 0) is 23.8 Å². The number of thiocarbonyl (C=S) groups is 1. The minimum absolute atomic E-state index is 0.0109. The maximum absolute atomic E-state index is 12.5. The van der Waals surface area contributed by atoms with Gasteiger partial charge in [-0.2, -0.15) is 0 Å². The number of amides is 1. The fourth-order valence-corrected chi connectivity index (χ4v) is 3.90. The molecule has 0 radical (unpaired) electrons. The van der Waals surface area contributed by atoms with Crippen LogP contribution in [0.5, 0.6) is 0 Å². The van der Waals surface area contributed by atoms with Crippen LogP contribution < -0.4 is 0 Å². The Bertz CT molecular complexity index is 627. The van der Waals surface area contributed by atoms with Crippen molar-refractivity contribution in [2.45, 2.75) is 0 Å². The van der Waals surface area contributed by atoms with E-state index in [2.05, 4.69) is 4.90 Å². The van der Waals surface area contributed by atoms with E-state index in [4.69, 9.17) is 28.6 Å². The van der Waals surface area contributed by atoms with Crippen LogP contribution in [0.15, 0.2) is 29.2 Å². The Labute approximate surface area is 150 Å². The third-order valence-electron chi connectivity index (χ3n) is 3.78. The second-order valence-corrected chi connectivity index (χ2v) is 7.45. The minimum atomic E-state index is -0.0109. The summed E-state index contributed by atoms with van der Waals surface area (Å²) < 4.78 is 5.96. The highest BCUT2D eigenvalue weighted by atomic mass is 35.5. The van der Waals surface area contributed by atoms with Crippen molar-refractivity contribution in [3.05, 3.63) is 39.8 Å². The largest absolute Gasteiger partial charge is 0.379 e. The highest BCUT2D eigenvalue weighted by Gasteiger charge is 2.32. The van der Waals surface area contributed by atoms with Crippen molar-refractivity contribution >= 4 is 51.9 Å². The number of hydrogen-bond acceptors (Lipinski definition) is 5. The van der Waals surface area contributed by atoms with Crippen molar-refractivity contribution in [2.24, 2.45) is 0 Å². The number of rotatable bonds is 4. The molecule has 2 aliphatic heterocycles. The van der Waals surface area contributed by atoms with Crippen molar-refractivity contribution < 1.29 is 9.53 Å². The molecule has 2 aliphatic rings. The molecule has 122 valence electrons. The molecule has 1 aromatic rings. The Hall–Kier alpha value is -0.920. The first-order valence-electron chi connectivity index (χ1n) is 7.44. The van der Waals surface area contributed by atoms with Crippen LogP contribution in [0, 0.1) is 0 Å². The van der Waals surface area contributed by atoms with Crippen molar-refractivity contribution in [2.75, 3.05) is 39.4 Å². The summed E-state index contributed by atoms with van der Waals surface area (Å²) in [5, 5.41) is 0.681. The molecule has 0 bridgehead atoms. The number of thioether (sulfide) groups is 1. The molecule has 0 N–H and O–H groups in total. The zero-order chi connectivity index (χ0) is 16.2. The Morgan fingerprint density at radius 3 is 2.61 bits per heavy atom. The fourth-order valence-electron chi connectivity index (χ4n) is 2.47. The third-order valence-corrected chi connectivity index (χ3v) is 5.41. The van der Waals surface area contributed by atoms with Gasteiger partial charge < -0.3 is 4.74 Å². The van der Waals surface area contributed by atoms with Gasteiger partial charge in [0, 0.05) is 31.2 Å². The van der Waals surface area contributed by atoms with Gasteiger partial charge in [-0.15, -0.1) is 0 Å². The van der Waals surface area contributed by atoms with Gasteiger partial charge in [0.05, 0.1) is 18.1 Å². The molecule has 0 aromatic heterocycles. The molecule has 1 aromatic carbocycles. The summed E-state index contributed by atoms with van der Waals surface area (Å²) in [5.74, 6) is -0.0109. The molecule has 0 spiro atoms. The van der Waals surface area contributed by atoms with Gasteiger partial charge in [0.1, 0.15) is 4.32 Å². The van der Waals surface area contributed by atoms with Crippen LogP contribution in [-0.2, 0) is 9.53 Å². The molecule has 0 aliphatic carbocycles. The molecule has 2 heterocycles. The van der Waals surface area contributed by atoms with E-state index in [1.165, 1.54) is 11.8 Å². The first-order valence-corrected chi connectivity index (χ1v) is 9.05. The van der Waals surface area contributed by atoms with Crippen molar-refractivity contribution in [1.29, 1.82) is 0 Å². The number of carbonyl (C=O) groups excluding carboxylic acids is 1. The first-order chi connectivity index (χ1) is 11.1. The predicted octanol–water partition coefficient (Wildman–Crippen LogP) is 2.87. The molecule has 0 atom stereocenters. The number of morpholine rings is 1. The average Bonchev–Trinajstić information content (AvgIpc) is 2.82. The molecule has 0 saturated carbocycles. The van der Waals surface area contributed by atoms with Gasteiger partial charge in [-0.1, -0.05) is 47.7 Å². The molecule has 2 saturated heterocycles. The SMILES string of the molecule is O=C1C(=Cc2ccc(Cl)cc2)SC(=S)N1CCN1CCOCC1. The summed E-state index contributed by atoms with van der Waals surface area (Å²) in [6.07, 6.45) is 1.87. The molecular formula is C16H17ClN2O2S2. The van der Waals surface area contributed by atoms with Gasteiger partial charge in [0.2, 0.25) is 0 Å². The Morgan fingerprint density at radius 1 is 1.22 bits per heavy atom. The zero-order valence-corrected chi connectivity index (χ0v) is 14.9. The molecule has 7 heteroatoms. The average molecular weight is 369 g/mol. The number of nitrogens with zero attached hydrogens (tertiary/aromatic N) is 2. The molecule has 0 unspecified atom stereocenters. The van der Waals surface area contributed by atoms with E-state index in [0.717, 1.165) is 38.4 Å². The van der Waals surface area contributed by atoms with Crippen LogP contribution >= 0.6 is 35.6 Å². The highest BCUT2D eigenvalue weighted by molar-refractivity contribution is 8.26. The molecule has 3 rings (SSSR count). The van der Waals surface area contributed by atoms with Gasteiger partial charge in [-0.25, -0.2) is 0 Å². The molecule has 1 amide bonds. The fraction of sp³-hybridized carbons (Fsp3) is 0.375. The van der Waals surface area contributed by atoms with Crippen molar-refractivity contribution in [3.63, 3.8) is 0 Å². The van der Waals surface area contributed by atoms with Crippen LogP contribution in [0.3, 0.4) is 0 Å². The number of benzene rings is 1. The Balaban J connectivity index is 1.63. The lowest BCUT2D eigenvalue weighted by Gasteiger charge is -2.28. The lowest BCUT2D eigenvalue weighted by atomic mass is 10.2. The number of ether oxygens (including phenoxy) is 1. The second kappa shape index (κ2) is 7.77. The summed E-state index contributed by atoms with van der Waals surface area (Å²) in [6.45, 7) is 4.79. The highest BCUT2D eigenvalue weighted by Crippen LogP contribution is 2.32. The predicted molar refractivity (Wildman–Crippen MR) is 98.6 cm³/mol. The standard InChI is InChI=1S/C16H17ClN2O2S2/c17-13-3-1-12(2-4-13)11-14-15(20)19(16(22)23-14)6-5-18-7-9-21-10-8-18/h1-4,11H,5-10H2. The number of halogens is 1. The first kappa shape index (κ1) is 16.9. The van der Waals surface area contributed by atoms with E-state index < -0.39 is 0 Å². The Morgan fingerprint density at radius 2 is 1.91 bits per heavy atom. The zero-order valence-electron chi connectivity index (χ0n) is 12.5. The number of carbonyl (C=O) groups is 1. The monoisotopic (exact) mass is 368 g/mol.